The predicted octanol–water partition coefficient (Wildman–Crippen LogP) is 2.65. The van der Waals surface area contributed by atoms with Crippen LogP contribution in [0.15, 0.2) is 10.7 Å². The van der Waals surface area contributed by atoms with E-state index in [1.165, 1.54) is 12.8 Å². The molecule has 0 saturated carbocycles. The lowest BCUT2D eigenvalue weighted by Crippen LogP contribution is -2.20. The van der Waals surface area contributed by atoms with Crippen LogP contribution in [-0.4, -0.2) is 16.4 Å². The molecule has 0 radical (unpaired) electrons. The van der Waals surface area contributed by atoms with E-state index in [0.29, 0.717) is 0 Å². The van der Waals surface area contributed by atoms with Gasteiger partial charge >= 0.3 is 0 Å². The highest BCUT2D eigenvalue weighted by atomic mass is 79.9. The monoisotopic (exact) mass is 244 g/mol. The highest BCUT2D eigenvalue weighted by Crippen LogP contribution is 2.25. The van der Waals surface area contributed by atoms with Crippen LogP contribution in [0, 0.1) is 6.92 Å². The maximum Gasteiger partial charge on any atom is 0.150 e. The van der Waals surface area contributed by atoms with Crippen LogP contribution in [0.3, 0.4) is 0 Å². The van der Waals surface area contributed by atoms with Crippen molar-refractivity contribution in [1.29, 1.82) is 0 Å². The maximum atomic E-state index is 5.64. The number of rotatable bonds is 1. The van der Waals surface area contributed by atoms with E-state index >= 15 is 0 Å². The Hall–Kier alpha value is -0.350. The molecule has 1 aliphatic heterocycles. The second-order valence-corrected chi connectivity index (χ2v) is 4.20. The lowest BCUT2D eigenvalue weighted by Gasteiger charge is -2.23. The van der Waals surface area contributed by atoms with E-state index < -0.39 is 0 Å². The molecule has 72 valence electrons. The number of hydrogen-bond acceptors (Lipinski definition) is 2. The Morgan fingerprint density at radius 3 is 3.00 bits per heavy atom. The molecule has 0 bridgehead atoms. The van der Waals surface area contributed by atoms with Crippen molar-refractivity contribution in [2.24, 2.45) is 0 Å². The number of ether oxygens (including phenoxy) is 1. The molecule has 0 amide bonds. The van der Waals surface area contributed by atoms with Crippen molar-refractivity contribution in [1.82, 2.24) is 9.78 Å². The first-order valence-electron chi connectivity index (χ1n) is 4.60. The van der Waals surface area contributed by atoms with Crippen LogP contribution in [0.5, 0.6) is 0 Å². The van der Waals surface area contributed by atoms with Crippen molar-refractivity contribution < 1.29 is 4.74 Å². The van der Waals surface area contributed by atoms with E-state index in [-0.39, 0.29) is 6.23 Å². The van der Waals surface area contributed by atoms with Crippen LogP contribution in [0.4, 0.5) is 0 Å². The number of nitrogens with zero attached hydrogens (tertiary/aromatic N) is 2. The summed E-state index contributed by atoms with van der Waals surface area (Å²) in [5.41, 5.74) is 1.15. The van der Waals surface area contributed by atoms with Gasteiger partial charge in [0, 0.05) is 6.61 Å². The Morgan fingerprint density at radius 2 is 2.46 bits per heavy atom. The average molecular weight is 245 g/mol. The largest absolute Gasteiger partial charge is 0.357 e. The normalized spacial score (nSPS) is 23.4. The highest BCUT2D eigenvalue weighted by Gasteiger charge is 2.18. The third kappa shape index (κ3) is 1.79. The molecular weight excluding hydrogens is 232 g/mol. The Morgan fingerprint density at radius 1 is 1.62 bits per heavy atom. The summed E-state index contributed by atoms with van der Waals surface area (Å²) in [5.74, 6) is 0. The fraction of sp³-hybridized carbons (Fsp3) is 0.667. The molecule has 0 aromatic carbocycles. The summed E-state index contributed by atoms with van der Waals surface area (Å²) in [7, 11) is 0. The van der Waals surface area contributed by atoms with Gasteiger partial charge in [0.05, 0.1) is 16.4 Å². The van der Waals surface area contributed by atoms with E-state index in [4.69, 9.17) is 4.74 Å². The number of hydrogen-bond donors (Lipinski definition) is 0. The molecule has 1 aromatic rings. The molecule has 0 aliphatic carbocycles. The highest BCUT2D eigenvalue weighted by molar-refractivity contribution is 9.10. The third-order valence-electron chi connectivity index (χ3n) is 2.41. The number of halogens is 1. The Labute approximate surface area is 86.2 Å². The molecule has 0 N–H and O–H groups in total. The van der Waals surface area contributed by atoms with E-state index in [2.05, 4.69) is 28.0 Å². The Kier molecular flexibility index (Phi) is 2.69. The summed E-state index contributed by atoms with van der Waals surface area (Å²) in [6.07, 6.45) is 5.47. The third-order valence-corrected chi connectivity index (χ3v) is 3.19. The molecule has 1 aromatic heterocycles. The van der Waals surface area contributed by atoms with Gasteiger partial charge in [0.2, 0.25) is 0 Å². The summed E-state index contributed by atoms with van der Waals surface area (Å²) >= 11 is 3.44. The molecule has 1 saturated heterocycles. The van der Waals surface area contributed by atoms with Crippen molar-refractivity contribution in [3.8, 4) is 0 Å². The SMILES string of the molecule is Cc1c(Br)cnn1C1CCCCO1. The van der Waals surface area contributed by atoms with Gasteiger partial charge in [0.15, 0.2) is 0 Å². The topological polar surface area (TPSA) is 27.1 Å². The molecule has 1 aliphatic rings. The maximum absolute atomic E-state index is 5.64. The van der Waals surface area contributed by atoms with Crippen LogP contribution in [-0.2, 0) is 4.74 Å². The second-order valence-electron chi connectivity index (χ2n) is 3.34. The van der Waals surface area contributed by atoms with Crippen LogP contribution in [0.25, 0.3) is 0 Å². The van der Waals surface area contributed by atoms with Crippen molar-refractivity contribution in [3.63, 3.8) is 0 Å². The van der Waals surface area contributed by atoms with E-state index in [0.717, 1.165) is 23.2 Å². The van der Waals surface area contributed by atoms with Crippen LogP contribution in [0.2, 0.25) is 0 Å². The minimum atomic E-state index is 0.153. The first-order chi connectivity index (χ1) is 6.29. The van der Waals surface area contributed by atoms with E-state index in [1.807, 2.05) is 10.9 Å². The molecule has 2 heterocycles. The minimum absolute atomic E-state index is 0.153. The minimum Gasteiger partial charge on any atom is -0.357 e. The van der Waals surface area contributed by atoms with Gasteiger partial charge in [-0.3, -0.25) is 0 Å². The summed E-state index contributed by atoms with van der Waals surface area (Å²) in [5, 5.41) is 4.28. The molecule has 1 unspecified atom stereocenters. The van der Waals surface area contributed by atoms with Gasteiger partial charge in [0.1, 0.15) is 6.23 Å². The fourth-order valence-corrected chi connectivity index (χ4v) is 1.88. The fourth-order valence-electron chi connectivity index (χ4n) is 1.61. The van der Waals surface area contributed by atoms with Crippen LogP contribution < -0.4 is 0 Å². The molecule has 13 heavy (non-hydrogen) atoms. The molecule has 1 fully saturated rings. The molecule has 3 nitrogen and oxygen atoms in total. The van der Waals surface area contributed by atoms with Crippen molar-refractivity contribution in [2.45, 2.75) is 32.4 Å². The first-order valence-corrected chi connectivity index (χ1v) is 5.39. The quantitative estimate of drug-likeness (QED) is 0.760. The van der Waals surface area contributed by atoms with Crippen molar-refractivity contribution in [3.05, 3.63) is 16.4 Å². The second kappa shape index (κ2) is 3.80. The van der Waals surface area contributed by atoms with Crippen LogP contribution >= 0.6 is 15.9 Å². The molecule has 1 atom stereocenters. The van der Waals surface area contributed by atoms with Crippen molar-refractivity contribution in [2.75, 3.05) is 6.61 Å². The molecule has 2 rings (SSSR count). The zero-order valence-corrected chi connectivity index (χ0v) is 9.25. The van der Waals surface area contributed by atoms with Gasteiger partial charge in [-0.05, 0) is 42.1 Å². The molecule has 4 heteroatoms. The van der Waals surface area contributed by atoms with Crippen LogP contribution in [0.1, 0.15) is 31.2 Å². The lowest BCUT2D eigenvalue weighted by molar-refractivity contribution is -0.0406. The van der Waals surface area contributed by atoms with E-state index in [9.17, 15) is 0 Å². The van der Waals surface area contributed by atoms with Gasteiger partial charge in [-0.25, -0.2) is 4.68 Å². The smallest absolute Gasteiger partial charge is 0.150 e. The van der Waals surface area contributed by atoms with Crippen molar-refractivity contribution >= 4 is 15.9 Å². The average Bonchev–Trinajstić information content (AvgIpc) is 2.49. The molecular formula is C9H13BrN2O. The summed E-state index contributed by atoms with van der Waals surface area (Å²) in [4.78, 5) is 0. The standard InChI is InChI=1S/C9H13BrN2O/c1-7-8(10)6-11-12(7)9-4-2-3-5-13-9/h6,9H,2-5H2,1H3. The first kappa shape index (κ1) is 9.21. The summed E-state index contributed by atoms with van der Waals surface area (Å²) < 4.78 is 8.66. The zero-order valence-electron chi connectivity index (χ0n) is 7.66. The van der Waals surface area contributed by atoms with Gasteiger partial charge < -0.3 is 4.74 Å². The predicted molar refractivity (Wildman–Crippen MR) is 53.5 cm³/mol. The van der Waals surface area contributed by atoms with Gasteiger partial charge in [-0.1, -0.05) is 0 Å². The Bertz CT molecular complexity index is 292. The van der Waals surface area contributed by atoms with Gasteiger partial charge in [0.25, 0.3) is 0 Å². The Balaban J connectivity index is 2.18. The van der Waals surface area contributed by atoms with Gasteiger partial charge in [-0.2, -0.15) is 5.10 Å². The van der Waals surface area contributed by atoms with E-state index in [1.54, 1.807) is 0 Å². The zero-order chi connectivity index (χ0) is 9.26. The molecule has 0 spiro atoms. The number of aromatic nitrogens is 2. The van der Waals surface area contributed by atoms with Gasteiger partial charge in [-0.15, -0.1) is 0 Å². The lowest BCUT2D eigenvalue weighted by atomic mass is 10.2. The summed E-state index contributed by atoms with van der Waals surface area (Å²) in [6.45, 7) is 2.91. The summed E-state index contributed by atoms with van der Waals surface area (Å²) in [6, 6.07) is 0.